The summed E-state index contributed by atoms with van der Waals surface area (Å²) in [6.07, 6.45) is 1.09. The van der Waals surface area contributed by atoms with E-state index in [4.69, 9.17) is 0 Å². The predicted molar refractivity (Wildman–Crippen MR) is 63.7 cm³/mol. The Morgan fingerprint density at radius 1 is 1.07 bits per heavy atom. The molecule has 1 heterocycles. The molecule has 15 heavy (non-hydrogen) atoms. The van der Waals surface area contributed by atoms with Crippen molar-refractivity contribution in [3.63, 3.8) is 0 Å². The second kappa shape index (κ2) is 5.36. The number of aliphatic hydroxyl groups is 1. The van der Waals surface area contributed by atoms with E-state index in [1.807, 2.05) is 6.07 Å². The SMILES string of the molecule is CC(C)Cc1ccc(CO)n1CC(C)C. The van der Waals surface area contributed by atoms with Gasteiger partial charge in [0, 0.05) is 17.9 Å². The molecule has 1 aromatic heterocycles. The molecule has 0 aliphatic rings. The molecule has 0 unspecified atom stereocenters. The van der Waals surface area contributed by atoms with Crippen LogP contribution < -0.4 is 0 Å². The Morgan fingerprint density at radius 2 is 1.67 bits per heavy atom. The van der Waals surface area contributed by atoms with Crippen molar-refractivity contribution in [2.45, 2.75) is 47.3 Å². The van der Waals surface area contributed by atoms with E-state index in [1.54, 1.807) is 0 Å². The predicted octanol–water partition coefficient (Wildman–Crippen LogP) is 2.83. The third-order valence-corrected chi connectivity index (χ3v) is 2.49. The molecular weight excluding hydrogens is 186 g/mol. The molecule has 0 aliphatic heterocycles. The van der Waals surface area contributed by atoms with Crippen LogP contribution in [0.3, 0.4) is 0 Å². The molecule has 86 valence electrons. The third-order valence-electron chi connectivity index (χ3n) is 2.49. The molecule has 1 aromatic rings. The summed E-state index contributed by atoms with van der Waals surface area (Å²) in [6.45, 7) is 10.0. The molecule has 0 spiro atoms. The van der Waals surface area contributed by atoms with E-state index >= 15 is 0 Å². The van der Waals surface area contributed by atoms with Crippen LogP contribution in [0.5, 0.6) is 0 Å². The molecule has 0 fully saturated rings. The van der Waals surface area contributed by atoms with Gasteiger partial charge >= 0.3 is 0 Å². The lowest BCUT2D eigenvalue weighted by Gasteiger charge is -2.16. The minimum Gasteiger partial charge on any atom is -0.390 e. The summed E-state index contributed by atoms with van der Waals surface area (Å²) in [5.41, 5.74) is 2.39. The first kappa shape index (κ1) is 12.3. The lowest BCUT2D eigenvalue weighted by molar-refractivity contribution is 0.267. The molecule has 0 aliphatic carbocycles. The fraction of sp³-hybridized carbons (Fsp3) is 0.692. The highest BCUT2D eigenvalue weighted by atomic mass is 16.3. The number of nitrogens with zero attached hydrogens (tertiary/aromatic N) is 1. The van der Waals surface area contributed by atoms with Crippen molar-refractivity contribution in [1.82, 2.24) is 4.57 Å². The van der Waals surface area contributed by atoms with Crippen LogP contribution in [0.15, 0.2) is 12.1 Å². The molecule has 0 radical (unpaired) electrons. The highest BCUT2D eigenvalue weighted by Gasteiger charge is 2.09. The van der Waals surface area contributed by atoms with E-state index in [2.05, 4.69) is 38.3 Å². The zero-order valence-corrected chi connectivity index (χ0v) is 10.3. The van der Waals surface area contributed by atoms with Crippen LogP contribution in [-0.4, -0.2) is 9.67 Å². The van der Waals surface area contributed by atoms with E-state index in [0.29, 0.717) is 11.8 Å². The Labute approximate surface area is 92.9 Å². The summed E-state index contributed by atoms with van der Waals surface area (Å²) in [7, 11) is 0. The summed E-state index contributed by atoms with van der Waals surface area (Å²) < 4.78 is 2.27. The maximum absolute atomic E-state index is 9.26. The van der Waals surface area contributed by atoms with Gasteiger partial charge in [-0.05, 0) is 30.4 Å². The van der Waals surface area contributed by atoms with Gasteiger partial charge in [0.15, 0.2) is 0 Å². The highest BCUT2D eigenvalue weighted by Crippen LogP contribution is 2.16. The molecule has 1 rings (SSSR count). The molecule has 0 atom stereocenters. The van der Waals surface area contributed by atoms with Crippen molar-refractivity contribution in [3.8, 4) is 0 Å². The van der Waals surface area contributed by atoms with Gasteiger partial charge in [-0.15, -0.1) is 0 Å². The zero-order chi connectivity index (χ0) is 11.4. The third kappa shape index (κ3) is 3.38. The van der Waals surface area contributed by atoms with E-state index in [1.165, 1.54) is 5.69 Å². The van der Waals surface area contributed by atoms with Gasteiger partial charge in [0.25, 0.3) is 0 Å². The zero-order valence-electron chi connectivity index (χ0n) is 10.3. The maximum atomic E-state index is 9.26. The molecule has 0 aromatic carbocycles. The number of hydrogen-bond donors (Lipinski definition) is 1. The van der Waals surface area contributed by atoms with E-state index < -0.39 is 0 Å². The largest absolute Gasteiger partial charge is 0.390 e. The number of rotatable bonds is 5. The first-order valence-electron chi connectivity index (χ1n) is 5.82. The number of aromatic nitrogens is 1. The van der Waals surface area contributed by atoms with Crippen molar-refractivity contribution in [2.24, 2.45) is 11.8 Å². The van der Waals surface area contributed by atoms with Gasteiger partial charge in [-0.3, -0.25) is 0 Å². The Bertz CT molecular complexity index is 299. The van der Waals surface area contributed by atoms with E-state index in [0.717, 1.165) is 18.7 Å². The summed E-state index contributed by atoms with van der Waals surface area (Å²) in [5.74, 6) is 1.28. The average molecular weight is 209 g/mol. The Morgan fingerprint density at radius 3 is 2.13 bits per heavy atom. The van der Waals surface area contributed by atoms with Crippen LogP contribution in [0.4, 0.5) is 0 Å². The first-order chi connectivity index (χ1) is 7.04. The van der Waals surface area contributed by atoms with Crippen LogP contribution >= 0.6 is 0 Å². The summed E-state index contributed by atoms with van der Waals surface area (Å²) in [4.78, 5) is 0. The summed E-state index contributed by atoms with van der Waals surface area (Å²) in [6, 6.07) is 4.19. The van der Waals surface area contributed by atoms with Crippen molar-refractivity contribution in [2.75, 3.05) is 0 Å². The highest BCUT2D eigenvalue weighted by molar-refractivity contribution is 5.16. The fourth-order valence-corrected chi connectivity index (χ4v) is 1.89. The molecule has 2 nitrogen and oxygen atoms in total. The van der Waals surface area contributed by atoms with Gasteiger partial charge in [0.1, 0.15) is 0 Å². The van der Waals surface area contributed by atoms with Gasteiger partial charge in [-0.25, -0.2) is 0 Å². The lowest BCUT2D eigenvalue weighted by Crippen LogP contribution is -2.12. The normalized spacial score (nSPS) is 11.7. The molecule has 1 N–H and O–H groups in total. The summed E-state index contributed by atoms with van der Waals surface area (Å²) in [5, 5.41) is 9.26. The van der Waals surface area contributed by atoms with Crippen molar-refractivity contribution < 1.29 is 5.11 Å². The minimum absolute atomic E-state index is 0.144. The smallest absolute Gasteiger partial charge is 0.0832 e. The van der Waals surface area contributed by atoms with Crippen LogP contribution in [0.1, 0.15) is 39.1 Å². The number of hydrogen-bond acceptors (Lipinski definition) is 1. The molecule has 0 bridgehead atoms. The van der Waals surface area contributed by atoms with Gasteiger partial charge in [-0.1, -0.05) is 27.7 Å². The molecule has 0 saturated carbocycles. The Balaban J connectivity index is 2.89. The molecular formula is C13H23NO. The van der Waals surface area contributed by atoms with Crippen molar-refractivity contribution in [3.05, 3.63) is 23.5 Å². The quantitative estimate of drug-likeness (QED) is 0.792. The van der Waals surface area contributed by atoms with Gasteiger partial charge in [0.05, 0.1) is 6.61 Å². The standard InChI is InChI=1S/C13H23NO/c1-10(2)7-12-5-6-13(9-15)14(12)8-11(3)4/h5-6,10-11,15H,7-9H2,1-4H3. The second-order valence-corrected chi connectivity index (χ2v) is 5.08. The van der Waals surface area contributed by atoms with E-state index in [-0.39, 0.29) is 6.61 Å². The second-order valence-electron chi connectivity index (χ2n) is 5.08. The maximum Gasteiger partial charge on any atom is 0.0832 e. The van der Waals surface area contributed by atoms with E-state index in [9.17, 15) is 5.11 Å². The average Bonchev–Trinajstić information content (AvgIpc) is 2.47. The van der Waals surface area contributed by atoms with Crippen LogP contribution in [0.25, 0.3) is 0 Å². The van der Waals surface area contributed by atoms with Gasteiger partial charge in [-0.2, -0.15) is 0 Å². The van der Waals surface area contributed by atoms with Crippen LogP contribution in [0, 0.1) is 11.8 Å². The van der Waals surface area contributed by atoms with Gasteiger partial charge < -0.3 is 9.67 Å². The van der Waals surface area contributed by atoms with Crippen LogP contribution in [-0.2, 0) is 19.6 Å². The Kier molecular flexibility index (Phi) is 4.40. The number of aliphatic hydroxyl groups excluding tert-OH is 1. The molecule has 2 heteroatoms. The Hall–Kier alpha value is -0.760. The summed E-state index contributed by atoms with van der Waals surface area (Å²) >= 11 is 0. The molecule has 0 saturated heterocycles. The molecule has 0 amide bonds. The van der Waals surface area contributed by atoms with Gasteiger partial charge in [0.2, 0.25) is 0 Å². The minimum atomic E-state index is 0.144. The van der Waals surface area contributed by atoms with Crippen molar-refractivity contribution >= 4 is 0 Å². The monoisotopic (exact) mass is 209 g/mol. The van der Waals surface area contributed by atoms with Crippen LogP contribution in [0.2, 0.25) is 0 Å². The lowest BCUT2D eigenvalue weighted by atomic mass is 10.1. The van der Waals surface area contributed by atoms with Crippen molar-refractivity contribution in [1.29, 1.82) is 0 Å². The topological polar surface area (TPSA) is 25.2 Å². The first-order valence-corrected chi connectivity index (χ1v) is 5.82. The fourth-order valence-electron chi connectivity index (χ4n) is 1.89.